The molecule has 1 amide bonds. The number of carboxylic acids is 1. The van der Waals surface area contributed by atoms with Crippen LogP contribution in [0.1, 0.15) is 33.6 Å². The Balaban J connectivity index is 4.19. The van der Waals surface area contributed by atoms with Crippen LogP contribution >= 0.6 is 0 Å². The number of hydrogen-bond acceptors (Lipinski definition) is 4. The van der Waals surface area contributed by atoms with Crippen LogP contribution in [0.25, 0.3) is 0 Å². The summed E-state index contributed by atoms with van der Waals surface area (Å²) < 4.78 is 5.02. The third-order valence-corrected chi connectivity index (χ3v) is 2.09. The summed E-state index contributed by atoms with van der Waals surface area (Å²) in [6.07, 6.45) is 0.381. The Labute approximate surface area is 108 Å². The minimum absolute atomic E-state index is 0.382. The summed E-state index contributed by atoms with van der Waals surface area (Å²) >= 11 is 0. The van der Waals surface area contributed by atoms with E-state index in [1.54, 1.807) is 20.8 Å². The van der Waals surface area contributed by atoms with Crippen LogP contribution in [-0.4, -0.2) is 54.4 Å². The van der Waals surface area contributed by atoms with Crippen LogP contribution in [0, 0.1) is 0 Å². The van der Waals surface area contributed by atoms with Crippen molar-refractivity contribution in [2.45, 2.75) is 45.3 Å². The highest BCUT2D eigenvalue weighted by molar-refractivity contribution is 5.79. The fourth-order valence-electron chi connectivity index (χ4n) is 1.32. The van der Waals surface area contributed by atoms with E-state index >= 15 is 0 Å². The lowest BCUT2D eigenvalue weighted by Gasteiger charge is -2.22. The van der Waals surface area contributed by atoms with Gasteiger partial charge >= 0.3 is 12.1 Å². The number of ether oxygens (including phenoxy) is 1. The molecule has 18 heavy (non-hydrogen) atoms. The number of nitrogens with zero attached hydrogens (tertiary/aromatic N) is 1. The molecule has 0 saturated carbocycles. The highest BCUT2D eigenvalue weighted by Crippen LogP contribution is 2.07. The summed E-state index contributed by atoms with van der Waals surface area (Å²) in [4.78, 5) is 24.4. The molecule has 0 aliphatic heterocycles. The second-order valence-corrected chi connectivity index (χ2v) is 5.48. The molecular weight excluding hydrogens is 236 g/mol. The van der Waals surface area contributed by atoms with E-state index in [1.165, 1.54) is 0 Å². The van der Waals surface area contributed by atoms with Crippen LogP contribution in [0.5, 0.6) is 0 Å². The molecule has 0 aromatic carbocycles. The average Bonchev–Trinajstić information content (AvgIpc) is 2.12. The largest absolute Gasteiger partial charge is 0.480 e. The number of aliphatic carboxylic acids is 1. The lowest BCUT2D eigenvalue weighted by molar-refractivity contribution is -0.139. The molecule has 0 bridgehead atoms. The van der Waals surface area contributed by atoms with Crippen molar-refractivity contribution in [2.24, 2.45) is 0 Å². The van der Waals surface area contributed by atoms with Crippen LogP contribution in [-0.2, 0) is 9.53 Å². The van der Waals surface area contributed by atoms with E-state index in [4.69, 9.17) is 9.84 Å². The first-order valence-corrected chi connectivity index (χ1v) is 5.99. The summed E-state index contributed by atoms with van der Waals surface area (Å²) in [6.45, 7) is 5.97. The molecular formula is C12H24N2O4. The Bertz CT molecular complexity index is 284. The molecule has 6 nitrogen and oxygen atoms in total. The number of nitrogens with one attached hydrogen (secondary N) is 1. The highest BCUT2D eigenvalue weighted by atomic mass is 16.6. The van der Waals surface area contributed by atoms with Gasteiger partial charge in [-0.3, -0.25) is 0 Å². The van der Waals surface area contributed by atoms with Gasteiger partial charge in [0.1, 0.15) is 11.6 Å². The van der Waals surface area contributed by atoms with Crippen LogP contribution in [0.15, 0.2) is 0 Å². The molecule has 0 saturated heterocycles. The van der Waals surface area contributed by atoms with Gasteiger partial charge in [0, 0.05) is 0 Å². The molecule has 6 heteroatoms. The molecule has 0 aromatic heterocycles. The second-order valence-electron chi connectivity index (χ2n) is 5.48. The van der Waals surface area contributed by atoms with Crippen molar-refractivity contribution in [1.29, 1.82) is 0 Å². The van der Waals surface area contributed by atoms with Gasteiger partial charge in [-0.15, -0.1) is 0 Å². The van der Waals surface area contributed by atoms with E-state index < -0.39 is 23.7 Å². The van der Waals surface area contributed by atoms with E-state index in [0.717, 1.165) is 6.54 Å². The SMILES string of the molecule is CN(C)CCC[C@H](NC(=O)OC(C)(C)C)C(=O)O. The fourth-order valence-corrected chi connectivity index (χ4v) is 1.32. The summed E-state index contributed by atoms with van der Waals surface area (Å²) in [5.74, 6) is -1.04. The maximum Gasteiger partial charge on any atom is 0.408 e. The monoisotopic (exact) mass is 260 g/mol. The topological polar surface area (TPSA) is 78.9 Å². The number of carboxylic acid groups (broad SMARTS) is 1. The van der Waals surface area contributed by atoms with Crippen molar-refractivity contribution < 1.29 is 19.4 Å². The fraction of sp³-hybridized carbons (Fsp3) is 0.833. The van der Waals surface area contributed by atoms with Crippen LogP contribution in [0.3, 0.4) is 0 Å². The van der Waals surface area contributed by atoms with Crippen molar-refractivity contribution in [2.75, 3.05) is 20.6 Å². The number of amides is 1. The third-order valence-electron chi connectivity index (χ3n) is 2.09. The summed E-state index contributed by atoms with van der Waals surface area (Å²) in [5.41, 5.74) is -0.628. The van der Waals surface area contributed by atoms with Gasteiger partial charge in [0.15, 0.2) is 0 Å². The third kappa shape index (κ3) is 8.81. The molecule has 0 heterocycles. The van der Waals surface area contributed by atoms with Crippen LogP contribution in [0.4, 0.5) is 4.79 Å². The lowest BCUT2D eigenvalue weighted by atomic mass is 10.1. The van der Waals surface area contributed by atoms with Crippen molar-refractivity contribution in [3.05, 3.63) is 0 Å². The summed E-state index contributed by atoms with van der Waals surface area (Å²) in [5, 5.41) is 11.4. The Morgan fingerprint density at radius 1 is 1.33 bits per heavy atom. The molecule has 0 unspecified atom stereocenters. The molecule has 0 spiro atoms. The molecule has 0 aliphatic rings. The highest BCUT2D eigenvalue weighted by Gasteiger charge is 2.23. The molecule has 0 radical (unpaired) electrons. The minimum Gasteiger partial charge on any atom is -0.480 e. The zero-order valence-corrected chi connectivity index (χ0v) is 11.8. The molecule has 0 aromatic rings. The van der Waals surface area contributed by atoms with E-state index in [0.29, 0.717) is 12.8 Å². The Kier molecular flexibility index (Phi) is 6.68. The molecule has 1 atom stereocenters. The van der Waals surface area contributed by atoms with Gasteiger partial charge < -0.3 is 20.1 Å². The van der Waals surface area contributed by atoms with Gasteiger partial charge in [-0.05, 0) is 54.3 Å². The van der Waals surface area contributed by atoms with Gasteiger partial charge in [-0.2, -0.15) is 0 Å². The van der Waals surface area contributed by atoms with E-state index in [2.05, 4.69) is 5.32 Å². The average molecular weight is 260 g/mol. The molecule has 0 fully saturated rings. The first kappa shape index (κ1) is 16.7. The maximum atomic E-state index is 11.5. The zero-order chi connectivity index (χ0) is 14.3. The summed E-state index contributed by atoms with van der Waals surface area (Å²) in [7, 11) is 3.83. The molecule has 2 N–H and O–H groups in total. The van der Waals surface area contributed by atoms with E-state index in [9.17, 15) is 9.59 Å². The van der Waals surface area contributed by atoms with Gasteiger partial charge in [0.05, 0.1) is 0 Å². The number of rotatable bonds is 6. The van der Waals surface area contributed by atoms with Gasteiger partial charge in [-0.1, -0.05) is 0 Å². The summed E-state index contributed by atoms with van der Waals surface area (Å²) in [6, 6.07) is -0.903. The molecule has 0 rings (SSSR count). The Morgan fingerprint density at radius 3 is 2.28 bits per heavy atom. The number of hydrogen-bond donors (Lipinski definition) is 2. The predicted octanol–water partition coefficient (Wildman–Crippen LogP) is 1.31. The number of carbonyl (C=O) groups excluding carboxylic acids is 1. The van der Waals surface area contributed by atoms with Crippen molar-refractivity contribution in [1.82, 2.24) is 10.2 Å². The van der Waals surface area contributed by atoms with Crippen LogP contribution < -0.4 is 5.32 Å². The smallest absolute Gasteiger partial charge is 0.408 e. The lowest BCUT2D eigenvalue weighted by Crippen LogP contribution is -2.43. The Hall–Kier alpha value is -1.30. The maximum absolute atomic E-state index is 11.5. The zero-order valence-electron chi connectivity index (χ0n) is 11.8. The van der Waals surface area contributed by atoms with E-state index in [-0.39, 0.29) is 0 Å². The second kappa shape index (κ2) is 7.20. The van der Waals surface area contributed by atoms with Gasteiger partial charge in [-0.25, -0.2) is 9.59 Å². The first-order valence-electron chi connectivity index (χ1n) is 5.99. The van der Waals surface area contributed by atoms with E-state index in [1.807, 2.05) is 19.0 Å². The van der Waals surface area contributed by atoms with Crippen molar-refractivity contribution in [3.8, 4) is 0 Å². The Morgan fingerprint density at radius 2 is 1.89 bits per heavy atom. The standard InChI is InChI=1S/C12H24N2O4/c1-12(2,3)18-11(17)13-9(10(15)16)7-6-8-14(4)5/h9H,6-8H2,1-5H3,(H,13,17)(H,15,16)/t9-/m0/s1. The van der Waals surface area contributed by atoms with Gasteiger partial charge in [0.2, 0.25) is 0 Å². The van der Waals surface area contributed by atoms with Crippen molar-refractivity contribution in [3.63, 3.8) is 0 Å². The first-order chi connectivity index (χ1) is 8.11. The quantitative estimate of drug-likeness (QED) is 0.752. The molecule has 106 valence electrons. The van der Waals surface area contributed by atoms with Gasteiger partial charge in [0.25, 0.3) is 0 Å². The minimum atomic E-state index is -1.04. The number of carbonyl (C=O) groups is 2. The normalized spacial score (nSPS) is 13.2. The number of alkyl carbamates (subject to hydrolysis) is 1. The van der Waals surface area contributed by atoms with Crippen molar-refractivity contribution >= 4 is 12.1 Å². The molecule has 0 aliphatic carbocycles. The van der Waals surface area contributed by atoms with Crippen LogP contribution in [0.2, 0.25) is 0 Å². The predicted molar refractivity (Wildman–Crippen MR) is 68.6 cm³/mol.